The van der Waals surface area contributed by atoms with E-state index >= 15 is 0 Å². The van der Waals surface area contributed by atoms with Crippen molar-refractivity contribution in [2.24, 2.45) is 5.73 Å². The van der Waals surface area contributed by atoms with Crippen LogP contribution in [0.5, 0.6) is 0 Å². The normalized spacial score (nSPS) is 10.9. The van der Waals surface area contributed by atoms with Crippen LogP contribution in [0.15, 0.2) is 12.3 Å². The Balaban J connectivity index is 2.36. The van der Waals surface area contributed by atoms with Crippen LogP contribution in [0.3, 0.4) is 0 Å². The largest absolute Gasteiger partial charge is 0.401 e. The summed E-state index contributed by atoms with van der Waals surface area (Å²) in [5.41, 5.74) is 8.62. The minimum atomic E-state index is 0.379. The number of aromatic nitrogens is 3. The SMILES string of the molecule is Cc1cc(C)[n+]2cc(CSC(N)=[NH2+])[nH]c2n1. The van der Waals surface area contributed by atoms with Crippen LogP contribution in [-0.4, -0.2) is 15.1 Å². The molecule has 2 heterocycles. The number of hydrogen-bond donors (Lipinski definition) is 3. The summed E-state index contributed by atoms with van der Waals surface area (Å²) in [5, 5.41) is 5.79. The molecule has 84 valence electrons. The third-order valence-corrected chi connectivity index (χ3v) is 3.05. The third kappa shape index (κ3) is 2.16. The summed E-state index contributed by atoms with van der Waals surface area (Å²) in [6, 6.07) is 2.04. The molecule has 0 spiro atoms. The summed E-state index contributed by atoms with van der Waals surface area (Å²) in [6.45, 7) is 4.03. The molecule has 0 amide bonds. The lowest BCUT2D eigenvalue weighted by atomic mass is 10.3. The second-order valence-corrected chi connectivity index (χ2v) is 4.75. The van der Waals surface area contributed by atoms with Gasteiger partial charge in [-0.3, -0.25) is 11.1 Å². The summed E-state index contributed by atoms with van der Waals surface area (Å²) in [4.78, 5) is 7.65. The molecule has 0 aliphatic carbocycles. The lowest BCUT2D eigenvalue weighted by Crippen LogP contribution is -2.43. The second-order valence-electron chi connectivity index (χ2n) is 3.70. The predicted molar refractivity (Wildman–Crippen MR) is 63.6 cm³/mol. The van der Waals surface area contributed by atoms with Gasteiger partial charge >= 0.3 is 5.78 Å². The van der Waals surface area contributed by atoms with Gasteiger partial charge in [0.1, 0.15) is 17.6 Å². The van der Waals surface area contributed by atoms with Crippen molar-refractivity contribution in [3.8, 4) is 0 Å². The average molecular weight is 237 g/mol. The van der Waals surface area contributed by atoms with Crippen molar-refractivity contribution < 1.29 is 9.81 Å². The molecule has 2 aromatic heterocycles. The molecular weight excluding hydrogens is 222 g/mol. The number of nitrogens with one attached hydrogen (secondary N) is 1. The molecule has 5 nitrogen and oxygen atoms in total. The van der Waals surface area contributed by atoms with Crippen molar-refractivity contribution in [2.45, 2.75) is 19.6 Å². The maximum atomic E-state index is 5.41. The van der Waals surface area contributed by atoms with E-state index in [-0.39, 0.29) is 0 Å². The van der Waals surface area contributed by atoms with Crippen molar-refractivity contribution in [3.05, 3.63) is 29.3 Å². The Bertz CT molecular complexity index is 545. The first-order chi connectivity index (χ1) is 7.56. The van der Waals surface area contributed by atoms with Crippen LogP contribution in [0, 0.1) is 13.8 Å². The van der Waals surface area contributed by atoms with Gasteiger partial charge in [-0.1, -0.05) is 4.98 Å². The average Bonchev–Trinajstić information content (AvgIpc) is 2.57. The van der Waals surface area contributed by atoms with Crippen LogP contribution >= 0.6 is 11.8 Å². The fourth-order valence-electron chi connectivity index (χ4n) is 1.61. The van der Waals surface area contributed by atoms with Crippen LogP contribution in [0.25, 0.3) is 5.78 Å². The van der Waals surface area contributed by atoms with Gasteiger partial charge in [-0.25, -0.2) is 9.38 Å². The fraction of sp³-hybridized carbons (Fsp3) is 0.300. The Hall–Kier alpha value is -1.56. The van der Waals surface area contributed by atoms with Gasteiger partial charge in [-0.05, 0) is 25.6 Å². The molecule has 0 aromatic carbocycles. The van der Waals surface area contributed by atoms with E-state index in [0.29, 0.717) is 5.17 Å². The number of aromatic amines is 1. The molecule has 0 saturated heterocycles. The van der Waals surface area contributed by atoms with Gasteiger partial charge in [0.25, 0.3) is 5.17 Å². The Morgan fingerprint density at radius 2 is 2.38 bits per heavy atom. The van der Waals surface area contributed by atoms with E-state index in [2.05, 4.69) is 16.9 Å². The van der Waals surface area contributed by atoms with Gasteiger partial charge in [0, 0.05) is 6.07 Å². The minimum absolute atomic E-state index is 0.379. The molecule has 0 fully saturated rings. The zero-order valence-electron chi connectivity index (χ0n) is 9.32. The molecule has 0 aliphatic heterocycles. The maximum Gasteiger partial charge on any atom is 0.401 e. The first-order valence-electron chi connectivity index (χ1n) is 4.94. The highest BCUT2D eigenvalue weighted by atomic mass is 32.2. The molecule has 0 bridgehead atoms. The van der Waals surface area contributed by atoms with Crippen molar-refractivity contribution in [1.82, 2.24) is 9.97 Å². The number of nitrogens with two attached hydrogens (primary N) is 2. The Morgan fingerprint density at radius 3 is 3.06 bits per heavy atom. The van der Waals surface area contributed by atoms with Crippen molar-refractivity contribution in [3.63, 3.8) is 0 Å². The van der Waals surface area contributed by atoms with E-state index < -0.39 is 0 Å². The smallest absolute Gasteiger partial charge is 0.282 e. The van der Waals surface area contributed by atoms with E-state index in [0.717, 1.165) is 28.6 Å². The van der Waals surface area contributed by atoms with Crippen molar-refractivity contribution in [2.75, 3.05) is 0 Å². The van der Waals surface area contributed by atoms with E-state index in [9.17, 15) is 0 Å². The summed E-state index contributed by atoms with van der Waals surface area (Å²) in [5.74, 6) is 1.58. The highest BCUT2D eigenvalue weighted by molar-refractivity contribution is 8.12. The second kappa shape index (κ2) is 4.13. The lowest BCUT2D eigenvalue weighted by Gasteiger charge is -1.91. The Labute approximate surface area is 97.6 Å². The van der Waals surface area contributed by atoms with E-state index in [1.165, 1.54) is 11.8 Å². The lowest BCUT2D eigenvalue weighted by molar-refractivity contribution is -0.520. The van der Waals surface area contributed by atoms with Crippen molar-refractivity contribution in [1.29, 1.82) is 0 Å². The number of imidazole rings is 1. The summed E-state index contributed by atoms with van der Waals surface area (Å²) < 4.78 is 2.02. The van der Waals surface area contributed by atoms with Crippen LogP contribution in [0.4, 0.5) is 0 Å². The van der Waals surface area contributed by atoms with E-state index in [1.807, 2.05) is 23.6 Å². The first kappa shape index (κ1) is 10.9. The van der Waals surface area contributed by atoms with Gasteiger partial charge in [0.2, 0.25) is 0 Å². The quantitative estimate of drug-likeness (QED) is 0.358. The molecular formula is C10H15N5S+2. The number of nitrogens with zero attached hydrogens (tertiary/aromatic N) is 2. The highest BCUT2D eigenvalue weighted by Crippen LogP contribution is 2.08. The zero-order chi connectivity index (χ0) is 11.7. The van der Waals surface area contributed by atoms with Gasteiger partial charge in [-0.15, -0.1) is 0 Å². The van der Waals surface area contributed by atoms with Gasteiger partial charge < -0.3 is 0 Å². The Kier molecular flexibility index (Phi) is 2.82. The number of aryl methyl sites for hydroxylation is 2. The fourth-order valence-corrected chi connectivity index (χ4v) is 2.08. The molecule has 0 atom stereocenters. The Morgan fingerprint density at radius 1 is 1.62 bits per heavy atom. The summed E-state index contributed by atoms with van der Waals surface area (Å²) in [7, 11) is 0. The van der Waals surface area contributed by atoms with Crippen LogP contribution in [-0.2, 0) is 5.75 Å². The summed E-state index contributed by atoms with van der Waals surface area (Å²) in [6.07, 6.45) is 2.02. The van der Waals surface area contributed by atoms with Gasteiger partial charge in [0.05, 0.1) is 11.4 Å². The number of H-pyrrole nitrogens is 1. The van der Waals surface area contributed by atoms with Gasteiger partial charge in [0.15, 0.2) is 0 Å². The molecule has 2 rings (SSSR count). The minimum Gasteiger partial charge on any atom is -0.282 e. The van der Waals surface area contributed by atoms with Crippen LogP contribution < -0.4 is 15.5 Å². The number of thioether (sulfide) groups is 1. The number of amidine groups is 1. The zero-order valence-corrected chi connectivity index (χ0v) is 10.1. The van der Waals surface area contributed by atoms with Crippen LogP contribution in [0.2, 0.25) is 0 Å². The number of hydrogen-bond acceptors (Lipinski definition) is 2. The first-order valence-corrected chi connectivity index (χ1v) is 5.93. The molecule has 0 unspecified atom stereocenters. The molecule has 0 saturated carbocycles. The molecule has 2 aromatic rings. The molecule has 0 radical (unpaired) electrons. The van der Waals surface area contributed by atoms with E-state index in [1.54, 1.807) is 0 Å². The molecule has 0 aliphatic rings. The predicted octanol–water partition coefficient (Wildman–Crippen LogP) is -0.928. The summed E-state index contributed by atoms with van der Waals surface area (Å²) >= 11 is 1.41. The van der Waals surface area contributed by atoms with Crippen molar-refractivity contribution >= 4 is 22.7 Å². The number of rotatable bonds is 2. The number of fused-ring (bicyclic) bond motifs is 1. The van der Waals surface area contributed by atoms with Gasteiger partial charge in [-0.2, -0.15) is 0 Å². The third-order valence-electron chi connectivity index (χ3n) is 2.26. The van der Waals surface area contributed by atoms with Crippen LogP contribution in [0.1, 0.15) is 17.1 Å². The topological polar surface area (TPSA) is 84.4 Å². The standard InChI is InChI=1S/C10H13N5S/c1-6-3-7(2)15-4-8(5-16-9(11)12)14-10(15)13-6/h3-4H,5H2,1-2H3,(H3,11,12)/p+2. The van der Waals surface area contributed by atoms with E-state index in [4.69, 9.17) is 11.1 Å². The maximum absolute atomic E-state index is 5.41. The molecule has 6 heteroatoms. The highest BCUT2D eigenvalue weighted by Gasteiger charge is 2.13. The molecule has 16 heavy (non-hydrogen) atoms. The monoisotopic (exact) mass is 237 g/mol. The molecule has 5 N–H and O–H groups in total.